The predicted molar refractivity (Wildman–Crippen MR) is 95.4 cm³/mol. The van der Waals surface area contributed by atoms with Crippen LogP contribution in [0.15, 0.2) is 30.3 Å². The molecule has 1 aliphatic heterocycles. The Balaban J connectivity index is 0.00000312. The molecule has 0 aliphatic carbocycles. The maximum absolute atomic E-state index is 12.4. The van der Waals surface area contributed by atoms with Crippen molar-refractivity contribution < 1.29 is 19.5 Å². The molecule has 0 bridgehead atoms. The van der Waals surface area contributed by atoms with Crippen molar-refractivity contribution >= 4 is 47.3 Å². The number of aliphatic carboxylic acids is 1. The van der Waals surface area contributed by atoms with E-state index in [4.69, 9.17) is 5.11 Å². The van der Waals surface area contributed by atoms with Crippen LogP contribution in [0.2, 0.25) is 0 Å². The Morgan fingerprint density at radius 1 is 1.16 bits per heavy atom. The molecule has 1 heterocycles. The first-order valence-electron chi connectivity index (χ1n) is 7.99. The molecule has 2 rings (SSSR count). The average Bonchev–Trinajstić information content (AvgIpc) is 3.33. The molecule has 8 heteroatoms. The van der Waals surface area contributed by atoms with Crippen LogP contribution in [-0.4, -0.2) is 77.1 Å². The van der Waals surface area contributed by atoms with E-state index in [0.29, 0.717) is 18.9 Å². The van der Waals surface area contributed by atoms with Crippen molar-refractivity contribution in [2.24, 2.45) is 5.92 Å². The molecule has 1 aromatic rings. The van der Waals surface area contributed by atoms with Gasteiger partial charge in [0.1, 0.15) is 18.1 Å². The number of hydrogen-bond donors (Lipinski definition) is 4. The third-order valence-electron chi connectivity index (χ3n) is 3.73. The summed E-state index contributed by atoms with van der Waals surface area (Å²) in [6.07, 6.45) is 0.348. The van der Waals surface area contributed by atoms with Crippen molar-refractivity contribution in [3.63, 3.8) is 0 Å². The van der Waals surface area contributed by atoms with Gasteiger partial charge in [0.05, 0.1) is 0 Å². The van der Waals surface area contributed by atoms with E-state index in [1.165, 1.54) is 0 Å². The molecule has 0 spiro atoms. The van der Waals surface area contributed by atoms with Gasteiger partial charge in [-0.1, -0.05) is 44.2 Å². The molecule has 0 saturated carbocycles. The van der Waals surface area contributed by atoms with Gasteiger partial charge in [-0.25, -0.2) is 0 Å². The topological polar surface area (TPSA) is 117 Å². The van der Waals surface area contributed by atoms with Crippen LogP contribution in [-0.2, 0) is 20.8 Å². The van der Waals surface area contributed by atoms with Crippen LogP contribution < -0.4 is 16.0 Å². The molecule has 0 unspecified atom stereocenters. The van der Waals surface area contributed by atoms with Crippen molar-refractivity contribution in [3.05, 3.63) is 35.9 Å². The van der Waals surface area contributed by atoms with Crippen LogP contribution in [0.5, 0.6) is 0 Å². The number of carbonyl (C=O) groups is 3. The third kappa shape index (κ3) is 6.78. The monoisotopic (exact) mass is 357 g/mol. The standard InChI is InChI=1S/C17H23N3O4.Na.H/c1-10(2)9-18-15(21)12(8-11-6-4-3-5-7-11)19-16(22)13-14(20-13)17(23)24;;/h3-7,10,12-14,20H,8-9H2,1-2H3,(H,18,21)(H,19,22)(H,23,24);;/t12-,13-,14-;;/m0../s1. The maximum atomic E-state index is 12.4. The molecule has 3 atom stereocenters. The molecule has 4 N–H and O–H groups in total. The minimum atomic E-state index is -1.07. The zero-order chi connectivity index (χ0) is 17.7. The molecular weight excluding hydrogens is 333 g/mol. The van der Waals surface area contributed by atoms with E-state index in [9.17, 15) is 14.4 Å². The van der Waals surface area contributed by atoms with Crippen LogP contribution in [0.25, 0.3) is 0 Å². The summed E-state index contributed by atoms with van der Waals surface area (Å²) in [7, 11) is 0. The Labute approximate surface area is 169 Å². The molecule has 1 aromatic carbocycles. The summed E-state index contributed by atoms with van der Waals surface area (Å²) in [6, 6.07) is 6.97. The molecule has 132 valence electrons. The number of benzene rings is 1. The van der Waals surface area contributed by atoms with Crippen LogP contribution >= 0.6 is 0 Å². The number of carboxylic acid groups (broad SMARTS) is 1. The fourth-order valence-electron chi connectivity index (χ4n) is 2.33. The first-order valence-corrected chi connectivity index (χ1v) is 7.99. The van der Waals surface area contributed by atoms with E-state index in [2.05, 4.69) is 16.0 Å². The van der Waals surface area contributed by atoms with Crippen molar-refractivity contribution in [2.45, 2.75) is 38.4 Å². The summed E-state index contributed by atoms with van der Waals surface area (Å²) in [5.74, 6) is -1.51. The van der Waals surface area contributed by atoms with E-state index >= 15 is 0 Å². The second-order valence-electron chi connectivity index (χ2n) is 6.35. The van der Waals surface area contributed by atoms with Gasteiger partial charge >= 0.3 is 35.5 Å². The van der Waals surface area contributed by atoms with E-state index in [1.807, 2.05) is 44.2 Å². The van der Waals surface area contributed by atoms with Crippen LogP contribution in [0.4, 0.5) is 0 Å². The van der Waals surface area contributed by atoms with Gasteiger partial charge in [0, 0.05) is 13.0 Å². The van der Waals surface area contributed by atoms with Crippen molar-refractivity contribution in [3.8, 4) is 0 Å². The van der Waals surface area contributed by atoms with E-state index in [0.717, 1.165) is 5.56 Å². The number of carbonyl (C=O) groups excluding carboxylic acids is 2. The number of nitrogens with one attached hydrogen (secondary N) is 3. The third-order valence-corrected chi connectivity index (χ3v) is 3.73. The summed E-state index contributed by atoms with van der Waals surface area (Å²) in [4.78, 5) is 35.4. The summed E-state index contributed by atoms with van der Waals surface area (Å²) in [5, 5.41) is 16.9. The first-order chi connectivity index (χ1) is 11.4. The predicted octanol–water partition coefficient (Wildman–Crippen LogP) is -0.737. The van der Waals surface area contributed by atoms with Gasteiger partial charge < -0.3 is 15.7 Å². The average molecular weight is 357 g/mol. The second kappa shape index (κ2) is 9.91. The molecule has 0 radical (unpaired) electrons. The van der Waals surface area contributed by atoms with Gasteiger partial charge in [0.2, 0.25) is 11.8 Å². The van der Waals surface area contributed by atoms with Crippen LogP contribution in [0, 0.1) is 5.92 Å². The van der Waals surface area contributed by atoms with Crippen molar-refractivity contribution in [1.82, 2.24) is 16.0 Å². The first kappa shape index (κ1) is 21.6. The normalized spacial score (nSPS) is 19.5. The summed E-state index contributed by atoms with van der Waals surface area (Å²) < 4.78 is 0. The Morgan fingerprint density at radius 2 is 1.80 bits per heavy atom. The van der Waals surface area contributed by atoms with Crippen LogP contribution in [0.3, 0.4) is 0 Å². The van der Waals surface area contributed by atoms with E-state index in [-0.39, 0.29) is 35.5 Å². The molecule has 1 aliphatic rings. The van der Waals surface area contributed by atoms with Crippen molar-refractivity contribution in [2.75, 3.05) is 6.54 Å². The molecule has 1 saturated heterocycles. The number of carboxylic acids is 1. The number of hydrogen-bond acceptors (Lipinski definition) is 4. The Morgan fingerprint density at radius 3 is 2.32 bits per heavy atom. The zero-order valence-corrected chi connectivity index (χ0v) is 13.8. The van der Waals surface area contributed by atoms with E-state index < -0.39 is 30.0 Å². The fraction of sp³-hybridized carbons (Fsp3) is 0.471. The summed E-state index contributed by atoms with van der Waals surface area (Å²) in [6.45, 7) is 4.48. The van der Waals surface area contributed by atoms with E-state index in [1.54, 1.807) is 0 Å². The second-order valence-corrected chi connectivity index (χ2v) is 6.35. The quantitative estimate of drug-likeness (QED) is 0.361. The van der Waals surface area contributed by atoms with Gasteiger partial charge in [-0.3, -0.25) is 19.7 Å². The van der Waals surface area contributed by atoms with Crippen molar-refractivity contribution in [1.29, 1.82) is 0 Å². The molecule has 25 heavy (non-hydrogen) atoms. The summed E-state index contributed by atoms with van der Waals surface area (Å²) in [5.41, 5.74) is 0.918. The number of rotatable bonds is 8. The summed E-state index contributed by atoms with van der Waals surface area (Å²) >= 11 is 0. The number of amides is 2. The molecule has 7 nitrogen and oxygen atoms in total. The zero-order valence-electron chi connectivity index (χ0n) is 13.8. The Kier molecular flexibility index (Phi) is 8.58. The minimum absolute atomic E-state index is 0. The van der Waals surface area contributed by atoms with Gasteiger partial charge in [-0.15, -0.1) is 0 Å². The fourth-order valence-corrected chi connectivity index (χ4v) is 2.33. The van der Waals surface area contributed by atoms with Gasteiger partial charge in [0.25, 0.3) is 0 Å². The Hall–Kier alpha value is -1.41. The van der Waals surface area contributed by atoms with Gasteiger partial charge in [-0.2, -0.15) is 0 Å². The van der Waals surface area contributed by atoms with Gasteiger partial charge in [-0.05, 0) is 11.5 Å². The van der Waals surface area contributed by atoms with Gasteiger partial charge in [0.15, 0.2) is 0 Å². The van der Waals surface area contributed by atoms with Crippen LogP contribution in [0.1, 0.15) is 19.4 Å². The molecular formula is C17H24N3NaO4. The SMILES string of the molecule is CC(C)CNC(=O)[C@H](Cc1ccccc1)NC(=O)[C@H]1N[C@@H]1C(=O)O.[NaH]. The molecule has 2 amide bonds. The molecule has 1 fully saturated rings. The Bertz CT molecular complexity index is 609. The molecule has 0 aromatic heterocycles.